The Bertz CT molecular complexity index is 1510. The molecule has 2 rings (SSSR count). The van der Waals surface area contributed by atoms with E-state index in [1.807, 2.05) is 0 Å². The lowest BCUT2D eigenvalue weighted by Crippen LogP contribution is -2.24. The highest BCUT2D eigenvalue weighted by Gasteiger charge is 2.16. The first kappa shape index (κ1) is 80.7. The molecule has 2 unspecified atom stereocenters. The van der Waals surface area contributed by atoms with Gasteiger partial charge < -0.3 is 33.2 Å². The Morgan fingerprint density at radius 2 is 0.506 bits per heavy atom. The minimum Gasteiger partial charge on any atom is -0.353 e. The normalized spacial score (nSPS) is 12.8. The monoisotopic (exact) mass is 1220 g/mol. The summed E-state index contributed by atoms with van der Waals surface area (Å²) < 4.78 is 44.9. The van der Waals surface area contributed by atoms with E-state index in [9.17, 15) is 0 Å². The summed E-state index contributed by atoms with van der Waals surface area (Å²) in [5.41, 5.74) is 2.27. The van der Waals surface area contributed by atoms with Crippen LogP contribution in [0.25, 0.3) is 0 Å². The van der Waals surface area contributed by atoms with E-state index < -0.39 is 12.6 Å². The molecule has 0 aromatic heterocycles. The molecule has 2 aromatic carbocycles. The van der Waals surface area contributed by atoms with Gasteiger partial charge in [0.2, 0.25) is 0 Å². The molecular formula is C80H142O7. The maximum atomic E-state index is 6.63. The molecule has 0 heterocycles. The molecule has 0 spiro atoms. The van der Waals surface area contributed by atoms with Crippen molar-refractivity contribution in [1.82, 2.24) is 0 Å². The molecular weight excluding hydrogens is 1070 g/mol. The molecule has 0 aliphatic carbocycles. The zero-order valence-corrected chi connectivity index (χ0v) is 57.8. The van der Waals surface area contributed by atoms with Gasteiger partial charge in [0.15, 0.2) is 25.2 Å². The van der Waals surface area contributed by atoms with Gasteiger partial charge in [0.1, 0.15) is 0 Å². The molecule has 504 valence electrons. The van der Waals surface area contributed by atoms with Crippen molar-refractivity contribution in [3.8, 4) is 0 Å². The fourth-order valence-corrected chi connectivity index (χ4v) is 11.5. The number of unbranched alkanes of at least 4 members (excludes halogenated alkanes) is 42. The third-order valence-corrected chi connectivity index (χ3v) is 17.2. The third kappa shape index (κ3) is 56.2. The van der Waals surface area contributed by atoms with E-state index in [2.05, 4.69) is 113 Å². The van der Waals surface area contributed by atoms with E-state index in [1.54, 1.807) is 0 Å². The van der Waals surface area contributed by atoms with E-state index in [-0.39, 0.29) is 12.6 Å². The van der Waals surface area contributed by atoms with E-state index >= 15 is 0 Å². The molecule has 0 N–H and O–H groups in total. The van der Waals surface area contributed by atoms with Crippen LogP contribution in [0.3, 0.4) is 0 Å². The van der Waals surface area contributed by atoms with Crippen LogP contribution in [0.1, 0.15) is 360 Å². The van der Waals surface area contributed by atoms with Gasteiger partial charge in [0, 0.05) is 26.4 Å². The van der Waals surface area contributed by atoms with Gasteiger partial charge in [0.05, 0.1) is 13.2 Å². The molecule has 0 bridgehead atoms. The summed E-state index contributed by atoms with van der Waals surface area (Å²) in [6, 6.07) is 20.8. The molecule has 0 amide bonds. The lowest BCUT2D eigenvalue weighted by molar-refractivity contribution is -0.215. The van der Waals surface area contributed by atoms with Crippen molar-refractivity contribution >= 4 is 0 Å². The average Bonchev–Trinajstić information content (AvgIpc) is 3.64. The van der Waals surface area contributed by atoms with E-state index in [1.165, 1.54) is 270 Å². The van der Waals surface area contributed by atoms with Gasteiger partial charge in [-0.1, -0.05) is 345 Å². The number of ether oxygens (including phenoxy) is 7. The first-order valence-corrected chi connectivity index (χ1v) is 37.9. The second-order valence-corrected chi connectivity index (χ2v) is 25.7. The van der Waals surface area contributed by atoms with Crippen LogP contribution in [0.4, 0.5) is 0 Å². The van der Waals surface area contributed by atoms with Crippen LogP contribution < -0.4 is 0 Å². The van der Waals surface area contributed by atoms with Crippen LogP contribution in [0.15, 0.2) is 85.0 Å². The minimum atomic E-state index is -0.512. The molecule has 0 radical (unpaired) electrons. The standard InChI is InChI=1S/C80H142O7/c1-5-9-13-17-35-43-57-69-81-77(82-70-58-44-36-18-14-10-6-2)65-53-39-31-27-23-21-25-29-33-41-55-67-79(85-73-75-61-49-47-50-62-75)87-80(86-74-76-63-51-48-52-64-76)68-56-42-34-30-26-22-24-28-32-40-54-66-78(83-71-59-45-37-19-15-11-7-3)84-72-60-46-38-20-16-12-8-4/h47-52,55-56,61-64,67-68,77-80H,5-46,53-54,57-60,65-66,69-74H2,1-4H3. The Morgan fingerprint density at radius 3 is 0.782 bits per heavy atom. The van der Waals surface area contributed by atoms with E-state index in [4.69, 9.17) is 33.2 Å². The molecule has 0 fully saturated rings. The van der Waals surface area contributed by atoms with Crippen LogP contribution in [0.2, 0.25) is 0 Å². The van der Waals surface area contributed by atoms with Gasteiger partial charge in [-0.3, -0.25) is 0 Å². The highest BCUT2D eigenvalue weighted by atomic mass is 16.8. The Balaban J connectivity index is 1.73. The van der Waals surface area contributed by atoms with Crippen molar-refractivity contribution in [2.75, 3.05) is 26.4 Å². The summed E-state index contributed by atoms with van der Waals surface area (Å²) in [6.45, 7) is 13.5. The quantitative estimate of drug-likeness (QED) is 0.0371. The fourth-order valence-electron chi connectivity index (χ4n) is 11.5. The van der Waals surface area contributed by atoms with Crippen molar-refractivity contribution in [3.63, 3.8) is 0 Å². The summed E-state index contributed by atoms with van der Waals surface area (Å²) >= 11 is 0. The number of hydrogen-bond donors (Lipinski definition) is 0. The van der Waals surface area contributed by atoms with E-state index in [0.29, 0.717) is 13.2 Å². The van der Waals surface area contributed by atoms with Gasteiger partial charge in [-0.15, -0.1) is 0 Å². The van der Waals surface area contributed by atoms with Crippen molar-refractivity contribution in [1.29, 1.82) is 0 Å². The van der Waals surface area contributed by atoms with Crippen LogP contribution >= 0.6 is 0 Å². The first-order chi connectivity index (χ1) is 43.2. The van der Waals surface area contributed by atoms with E-state index in [0.717, 1.165) is 88.9 Å². The smallest absolute Gasteiger partial charge is 0.180 e. The zero-order chi connectivity index (χ0) is 61.9. The molecule has 0 aliphatic rings. The average molecular weight is 1220 g/mol. The van der Waals surface area contributed by atoms with Crippen molar-refractivity contribution in [3.05, 3.63) is 96.1 Å². The van der Waals surface area contributed by atoms with Gasteiger partial charge in [-0.2, -0.15) is 0 Å². The van der Waals surface area contributed by atoms with Crippen molar-refractivity contribution in [2.45, 2.75) is 387 Å². The second-order valence-electron chi connectivity index (χ2n) is 25.7. The largest absolute Gasteiger partial charge is 0.353 e. The number of allylic oxidation sites excluding steroid dienone is 2. The van der Waals surface area contributed by atoms with Crippen LogP contribution in [-0.4, -0.2) is 51.6 Å². The maximum Gasteiger partial charge on any atom is 0.180 e. The summed E-state index contributed by atoms with van der Waals surface area (Å²) in [5, 5.41) is 0. The van der Waals surface area contributed by atoms with Crippen LogP contribution in [0, 0.1) is 0 Å². The molecule has 0 saturated heterocycles. The van der Waals surface area contributed by atoms with Crippen LogP contribution in [-0.2, 0) is 46.4 Å². The number of rotatable bonds is 70. The minimum absolute atomic E-state index is 0.0186. The Morgan fingerprint density at radius 1 is 0.264 bits per heavy atom. The SMILES string of the molecule is CCCCCCCCCOC(CCCCCCCCCCCC=CC(OCc1ccccc1)OC(C=CCCCCCCCCCCCC(OCCCCCCCCC)OCCCCCCCCC)OCc1ccccc1)OCCCCCCCCC. The molecule has 2 aromatic rings. The molecule has 7 heteroatoms. The summed E-state index contributed by atoms with van der Waals surface area (Å²) in [7, 11) is 0. The van der Waals surface area contributed by atoms with Gasteiger partial charge >= 0.3 is 0 Å². The highest BCUT2D eigenvalue weighted by Crippen LogP contribution is 2.20. The first-order valence-electron chi connectivity index (χ1n) is 37.9. The van der Waals surface area contributed by atoms with Gasteiger partial charge in [-0.25, -0.2) is 0 Å². The predicted molar refractivity (Wildman–Crippen MR) is 374 cm³/mol. The summed E-state index contributed by atoms with van der Waals surface area (Å²) in [6.07, 6.45) is 71.7. The zero-order valence-electron chi connectivity index (χ0n) is 57.8. The molecule has 2 atom stereocenters. The molecule has 7 nitrogen and oxygen atoms in total. The Labute approximate surface area is 540 Å². The molecule has 0 saturated carbocycles. The lowest BCUT2D eigenvalue weighted by Gasteiger charge is -2.22. The topological polar surface area (TPSA) is 64.6 Å². The number of benzene rings is 2. The lowest BCUT2D eigenvalue weighted by atomic mass is 10.1. The van der Waals surface area contributed by atoms with Crippen molar-refractivity contribution < 1.29 is 33.2 Å². The second kappa shape index (κ2) is 66.6. The van der Waals surface area contributed by atoms with Crippen molar-refractivity contribution in [2.24, 2.45) is 0 Å². The maximum absolute atomic E-state index is 6.63. The fraction of sp³-hybridized carbons (Fsp3) is 0.800. The van der Waals surface area contributed by atoms with Gasteiger partial charge in [0.25, 0.3) is 0 Å². The molecule has 0 aliphatic heterocycles. The highest BCUT2D eigenvalue weighted by molar-refractivity contribution is 5.14. The number of hydrogen-bond acceptors (Lipinski definition) is 7. The van der Waals surface area contributed by atoms with Crippen LogP contribution in [0.5, 0.6) is 0 Å². The Hall–Kier alpha value is -2.36. The third-order valence-electron chi connectivity index (χ3n) is 17.2. The Kier molecular flexibility index (Phi) is 61.8. The summed E-state index contributed by atoms with van der Waals surface area (Å²) in [4.78, 5) is 0. The molecule has 87 heavy (non-hydrogen) atoms. The summed E-state index contributed by atoms with van der Waals surface area (Å²) in [5.74, 6) is 0. The predicted octanol–water partition coefficient (Wildman–Crippen LogP) is 25.5. The van der Waals surface area contributed by atoms with Gasteiger partial charge in [-0.05, 0) is 100 Å².